The number of hydrogen-bond donors (Lipinski definition) is 0. The summed E-state index contributed by atoms with van der Waals surface area (Å²) < 4.78 is 15.3. The van der Waals surface area contributed by atoms with Gasteiger partial charge in [0.2, 0.25) is 0 Å². The molecule has 0 N–H and O–H groups in total. The molecule has 1 aliphatic carbocycles. The van der Waals surface area contributed by atoms with E-state index in [2.05, 4.69) is 4.74 Å². The van der Waals surface area contributed by atoms with Gasteiger partial charge in [-0.3, -0.25) is 0 Å². The first-order valence-corrected chi connectivity index (χ1v) is 8.99. The third-order valence-corrected chi connectivity index (χ3v) is 4.94. The van der Waals surface area contributed by atoms with Gasteiger partial charge < -0.3 is 13.9 Å². The maximum atomic E-state index is 12.3. The second-order valence-corrected chi connectivity index (χ2v) is 6.71. The SMILES string of the molecule is COC(=O)c1ccc(C(=O)OCc2cc(=O)oc3cc4c(cc23)CCC4)cc1. The van der Waals surface area contributed by atoms with E-state index in [1.807, 2.05) is 12.1 Å². The lowest BCUT2D eigenvalue weighted by Crippen LogP contribution is -2.09. The Balaban J connectivity index is 1.56. The van der Waals surface area contributed by atoms with E-state index in [0.29, 0.717) is 22.3 Å². The Morgan fingerprint density at radius 3 is 2.29 bits per heavy atom. The Morgan fingerprint density at radius 2 is 1.61 bits per heavy atom. The summed E-state index contributed by atoms with van der Waals surface area (Å²) in [6, 6.07) is 11.3. The van der Waals surface area contributed by atoms with Crippen LogP contribution in [0.5, 0.6) is 0 Å². The molecule has 0 radical (unpaired) electrons. The third kappa shape index (κ3) is 3.41. The van der Waals surface area contributed by atoms with E-state index < -0.39 is 17.6 Å². The molecule has 0 saturated carbocycles. The first kappa shape index (κ1) is 18.0. The van der Waals surface area contributed by atoms with Gasteiger partial charge in [0, 0.05) is 17.0 Å². The third-order valence-electron chi connectivity index (χ3n) is 4.94. The summed E-state index contributed by atoms with van der Waals surface area (Å²) in [5, 5.41) is 0.786. The highest BCUT2D eigenvalue weighted by molar-refractivity contribution is 5.93. The summed E-state index contributed by atoms with van der Waals surface area (Å²) in [5.74, 6) is -1.02. The Kier molecular flexibility index (Phi) is 4.69. The van der Waals surface area contributed by atoms with Gasteiger partial charge in [0.05, 0.1) is 18.2 Å². The van der Waals surface area contributed by atoms with Crippen molar-refractivity contribution in [2.24, 2.45) is 0 Å². The minimum Gasteiger partial charge on any atom is -0.465 e. The number of carbonyl (C=O) groups excluding carboxylic acids is 2. The van der Waals surface area contributed by atoms with Crippen LogP contribution in [-0.2, 0) is 28.9 Å². The van der Waals surface area contributed by atoms with Crippen molar-refractivity contribution in [3.8, 4) is 0 Å². The molecule has 0 spiro atoms. The number of carbonyl (C=O) groups is 2. The van der Waals surface area contributed by atoms with E-state index in [1.165, 1.54) is 48.6 Å². The smallest absolute Gasteiger partial charge is 0.338 e. The van der Waals surface area contributed by atoms with Gasteiger partial charge in [0.15, 0.2) is 0 Å². The lowest BCUT2D eigenvalue weighted by molar-refractivity contribution is 0.0472. The fraction of sp³-hybridized carbons (Fsp3) is 0.227. The zero-order valence-corrected chi connectivity index (χ0v) is 15.3. The van der Waals surface area contributed by atoms with E-state index in [1.54, 1.807) is 0 Å². The van der Waals surface area contributed by atoms with Gasteiger partial charge in [-0.15, -0.1) is 0 Å². The van der Waals surface area contributed by atoms with Crippen molar-refractivity contribution in [3.05, 3.63) is 80.7 Å². The molecule has 0 bridgehead atoms. The molecule has 1 heterocycles. The molecule has 0 aliphatic heterocycles. The fourth-order valence-electron chi connectivity index (χ4n) is 3.50. The lowest BCUT2D eigenvalue weighted by Gasteiger charge is -2.09. The van der Waals surface area contributed by atoms with Crippen LogP contribution >= 0.6 is 0 Å². The van der Waals surface area contributed by atoms with Gasteiger partial charge >= 0.3 is 17.6 Å². The van der Waals surface area contributed by atoms with Crippen LogP contribution in [0.15, 0.2) is 51.7 Å². The van der Waals surface area contributed by atoms with Crippen molar-refractivity contribution in [2.75, 3.05) is 7.11 Å². The number of esters is 2. The van der Waals surface area contributed by atoms with Crippen LogP contribution in [0, 0.1) is 0 Å². The standard InChI is InChI=1S/C22H18O6/c1-26-21(24)13-5-7-14(8-6-13)22(25)27-12-17-11-20(23)28-19-10-16-4-2-3-15(16)9-18(17)19/h5-11H,2-4,12H2,1H3. The van der Waals surface area contributed by atoms with Crippen molar-refractivity contribution in [2.45, 2.75) is 25.9 Å². The Hall–Kier alpha value is -3.41. The van der Waals surface area contributed by atoms with Crippen LogP contribution in [-0.4, -0.2) is 19.0 Å². The molecule has 0 fully saturated rings. The molecule has 0 amide bonds. The van der Waals surface area contributed by atoms with E-state index >= 15 is 0 Å². The van der Waals surface area contributed by atoms with E-state index in [0.717, 1.165) is 24.6 Å². The molecule has 0 saturated heterocycles. The summed E-state index contributed by atoms with van der Waals surface area (Å²) in [5.41, 5.74) is 3.75. The van der Waals surface area contributed by atoms with E-state index in [4.69, 9.17) is 9.15 Å². The summed E-state index contributed by atoms with van der Waals surface area (Å²) >= 11 is 0. The minimum atomic E-state index is -0.543. The second-order valence-electron chi connectivity index (χ2n) is 6.71. The van der Waals surface area contributed by atoms with E-state index in [9.17, 15) is 14.4 Å². The molecule has 1 aromatic heterocycles. The van der Waals surface area contributed by atoms with Gasteiger partial charge in [-0.1, -0.05) is 0 Å². The van der Waals surface area contributed by atoms with Gasteiger partial charge in [-0.2, -0.15) is 0 Å². The van der Waals surface area contributed by atoms with E-state index in [-0.39, 0.29) is 6.61 Å². The van der Waals surface area contributed by atoms with Crippen LogP contribution in [0.2, 0.25) is 0 Å². The number of benzene rings is 2. The van der Waals surface area contributed by atoms with Gasteiger partial charge in [0.1, 0.15) is 12.2 Å². The maximum Gasteiger partial charge on any atom is 0.338 e. The zero-order chi connectivity index (χ0) is 19.7. The van der Waals surface area contributed by atoms with Crippen LogP contribution in [0.3, 0.4) is 0 Å². The lowest BCUT2D eigenvalue weighted by atomic mass is 10.0. The molecular formula is C22H18O6. The Labute approximate surface area is 160 Å². The van der Waals surface area contributed by atoms with Gasteiger partial charge in [0.25, 0.3) is 0 Å². The van der Waals surface area contributed by atoms with Gasteiger partial charge in [-0.25, -0.2) is 14.4 Å². The predicted octanol–water partition coefficient (Wildman–Crippen LogP) is 3.43. The number of ether oxygens (including phenoxy) is 2. The first-order chi connectivity index (χ1) is 13.5. The molecule has 2 aromatic carbocycles. The summed E-state index contributed by atoms with van der Waals surface area (Å²) in [6.45, 7) is -0.0432. The highest BCUT2D eigenvalue weighted by atomic mass is 16.5. The number of fused-ring (bicyclic) bond motifs is 2. The molecule has 6 nitrogen and oxygen atoms in total. The van der Waals surface area contributed by atoms with Crippen molar-refractivity contribution in [1.82, 2.24) is 0 Å². The van der Waals surface area contributed by atoms with Crippen LogP contribution < -0.4 is 5.63 Å². The summed E-state index contributed by atoms with van der Waals surface area (Å²) in [4.78, 5) is 35.7. The number of aryl methyl sites for hydroxylation is 2. The average molecular weight is 378 g/mol. The summed E-state index contributed by atoms with van der Waals surface area (Å²) in [7, 11) is 1.29. The molecule has 4 rings (SSSR count). The number of rotatable bonds is 4. The van der Waals surface area contributed by atoms with Crippen molar-refractivity contribution < 1.29 is 23.5 Å². The maximum absolute atomic E-state index is 12.3. The Morgan fingerprint density at radius 1 is 0.964 bits per heavy atom. The predicted molar refractivity (Wildman–Crippen MR) is 101 cm³/mol. The highest BCUT2D eigenvalue weighted by Crippen LogP contribution is 2.28. The van der Waals surface area contributed by atoms with Crippen molar-refractivity contribution in [3.63, 3.8) is 0 Å². The topological polar surface area (TPSA) is 82.8 Å². The molecule has 6 heteroatoms. The molecule has 28 heavy (non-hydrogen) atoms. The molecule has 142 valence electrons. The summed E-state index contributed by atoms with van der Waals surface area (Å²) in [6.07, 6.45) is 3.06. The average Bonchev–Trinajstić information content (AvgIpc) is 3.17. The molecule has 0 atom stereocenters. The van der Waals surface area contributed by atoms with Crippen molar-refractivity contribution >= 4 is 22.9 Å². The molecule has 3 aromatic rings. The quantitative estimate of drug-likeness (QED) is 0.511. The van der Waals surface area contributed by atoms with Crippen LogP contribution in [0.25, 0.3) is 11.0 Å². The van der Waals surface area contributed by atoms with Crippen LogP contribution in [0.1, 0.15) is 43.8 Å². The highest BCUT2D eigenvalue weighted by Gasteiger charge is 2.16. The molecule has 0 unspecified atom stereocenters. The Bertz CT molecular complexity index is 1120. The van der Waals surface area contributed by atoms with Crippen molar-refractivity contribution in [1.29, 1.82) is 0 Å². The number of hydrogen-bond acceptors (Lipinski definition) is 6. The fourth-order valence-corrected chi connectivity index (χ4v) is 3.50. The van der Waals surface area contributed by atoms with Crippen LogP contribution in [0.4, 0.5) is 0 Å². The van der Waals surface area contributed by atoms with Gasteiger partial charge in [-0.05, 0) is 66.8 Å². The first-order valence-electron chi connectivity index (χ1n) is 8.99. The largest absolute Gasteiger partial charge is 0.465 e. The number of methoxy groups -OCH3 is 1. The zero-order valence-electron chi connectivity index (χ0n) is 15.3. The molecular weight excluding hydrogens is 360 g/mol. The molecule has 1 aliphatic rings. The second kappa shape index (κ2) is 7.31. The monoisotopic (exact) mass is 378 g/mol. The normalized spacial score (nSPS) is 12.6. The minimum absolute atomic E-state index is 0.0432.